The van der Waals surface area contributed by atoms with Gasteiger partial charge in [-0.2, -0.15) is 0 Å². The summed E-state index contributed by atoms with van der Waals surface area (Å²) in [6, 6.07) is 3.80. The minimum atomic E-state index is 0.465. The van der Waals surface area contributed by atoms with E-state index >= 15 is 0 Å². The van der Waals surface area contributed by atoms with Crippen LogP contribution in [0, 0.1) is 0 Å². The monoisotopic (exact) mass is 345 g/mol. The summed E-state index contributed by atoms with van der Waals surface area (Å²) in [6.45, 7) is 7.76. The van der Waals surface area contributed by atoms with Crippen molar-refractivity contribution < 1.29 is 0 Å². The van der Waals surface area contributed by atoms with Gasteiger partial charge in [0.1, 0.15) is 5.69 Å². The molecule has 130 valence electrons. The summed E-state index contributed by atoms with van der Waals surface area (Å²) in [6.07, 6.45) is 14.0. The molecule has 1 heterocycles. The molecule has 0 spiro atoms. The minimum absolute atomic E-state index is 0.465. The van der Waals surface area contributed by atoms with Crippen LogP contribution in [0.3, 0.4) is 0 Å². The fourth-order valence-electron chi connectivity index (χ4n) is 2.73. The first-order valence-corrected chi connectivity index (χ1v) is 9.38. The minimum Gasteiger partial charge on any atom is -0.299 e. The zero-order chi connectivity index (χ0) is 17.2. The number of rotatable bonds is 9. The number of unbranched alkanes of at least 4 members (excludes halogenated alkanes) is 2. The fourth-order valence-corrected chi connectivity index (χ4v) is 2.89. The van der Waals surface area contributed by atoms with E-state index in [1.165, 1.54) is 31.3 Å². The van der Waals surface area contributed by atoms with Gasteiger partial charge in [0.2, 0.25) is 0 Å². The van der Waals surface area contributed by atoms with Gasteiger partial charge in [-0.3, -0.25) is 4.90 Å². The van der Waals surface area contributed by atoms with Crippen molar-refractivity contribution in [3.05, 3.63) is 47.3 Å². The van der Waals surface area contributed by atoms with Gasteiger partial charge in [-0.1, -0.05) is 56.5 Å². The van der Waals surface area contributed by atoms with Gasteiger partial charge < -0.3 is 0 Å². The van der Waals surface area contributed by atoms with E-state index in [1.54, 1.807) is 6.20 Å². The number of hydrogen-bond donors (Lipinski definition) is 0. The molecule has 0 bridgehead atoms. The Morgan fingerprint density at radius 2 is 1.96 bits per heavy atom. The van der Waals surface area contributed by atoms with Crippen molar-refractivity contribution in [1.82, 2.24) is 9.88 Å². The highest BCUT2D eigenvalue weighted by atomic mass is 35.5. The molecular weight excluding hydrogens is 318 g/mol. The molecule has 0 saturated carbocycles. The topological polar surface area (TPSA) is 28.5 Å². The van der Waals surface area contributed by atoms with Crippen LogP contribution < -0.4 is 0 Å². The van der Waals surface area contributed by atoms with Crippen molar-refractivity contribution in [1.29, 1.82) is 0 Å². The van der Waals surface area contributed by atoms with Crippen LogP contribution >= 0.6 is 11.6 Å². The van der Waals surface area contributed by atoms with Crippen molar-refractivity contribution >= 4 is 23.0 Å². The van der Waals surface area contributed by atoms with Crippen LogP contribution in [-0.2, 0) is 0 Å². The maximum Gasteiger partial charge on any atom is 0.154 e. The van der Waals surface area contributed by atoms with Crippen LogP contribution in [0.5, 0.6) is 0 Å². The Morgan fingerprint density at radius 1 is 1.21 bits per heavy atom. The second-order valence-electron chi connectivity index (χ2n) is 6.18. The van der Waals surface area contributed by atoms with Crippen molar-refractivity contribution in [2.45, 2.75) is 46.0 Å². The fraction of sp³-hybridized carbons (Fsp3) is 0.500. The quantitative estimate of drug-likeness (QED) is 0.545. The van der Waals surface area contributed by atoms with E-state index in [9.17, 15) is 0 Å². The first-order chi connectivity index (χ1) is 11.7. The maximum atomic E-state index is 6.17. The number of allylic oxidation sites excluding steroid dienone is 3. The molecule has 3 nitrogen and oxygen atoms in total. The van der Waals surface area contributed by atoms with Crippen LogP contribution in [0.2, 0.25) is 5.15 Å². The molecule has 0 aromatic carbocycles. The third-order valence-corrected chi connectivity index (χ3v) is 4.45. The van der Waals surface area contributed by atoms with Crippen molar-refractivity contribution in [3.8, 4) is 0 Å². The molecule has 0 radical (unpaired) electrons. The lowest BCUT2D eigenvalue weighted by Gasteiger charge is -2.25. The Morgan fingerprint density at radius 3 is 2.62 bits per heavy atom. The summed E-state index contributed by atoms with van der Waals surface area (Å²) in [5.74, 6) is 0. The number of nitrogens with zero attached hydrogens (tertiary/aromatic N) is 3. The Labute approximate surface area is 151 Å². The molecule has 0 aliphatic heterocycles. The molecule has 0 N–H and O–H groups in total. The van der Waals surface area contributed by atoms with E-state index < -0.39 is 0 Å². The lowest BCUT2D eigenvalue weighted by Crippen LogP contribution is -2.30. The van der Waals surface area contributed by atoms with Crippen molar-refractivity contribution in [2.24, 2.45) is 4.99 Å². The summed E-state index contributed by atoms with van der Waals surface area (Å²) in [7, 11) is 0. The average molecular weight is 346 g/mol. The van der Waals surface area contributed by atoms with Crippen LogP contribution in [0.1, 0.15) is 46.0 Å². The highest BCUT2D eigenvalue weighted by Crippen LogP contribution is 2.24. The molecule has 1 aromatic rings. The molecule has 24 heavy (non-hydrogen) atoms. The van der Waals surface area contributed by atoms with E-state index in [0.29, 0.717) is 5.15 Å². The van der Waals surface area contributed by atoms with Crippen LogP contribution in [-0.4, -0.2) is 35.2 Å². The molecular formula is C20H28ClN3. The third-order valence-electron chi connectivity index (χ3n) is 4.16. The Kier molecular flexibility index (Phi) is 8.20. The first-order valence-electron chi connectivity index (χ1n) is 9.01. The van der Waals surface area contributed by atoms with Gasteiger partial charge in [-0.05, 0) is 43.6 Å². The number of aliphatic imine (C=N–C) groups is 1. The van der Waals surface area contributed by atoms with Gasteiger partial charge in [-0.15, -0.1) is 0 Å². The van der Waals surface area contributed by atoms with E-state index in [2.05, 4.69) is 42.0 Å². The van der Waals surface area contributed by atoms with Gasteiger partial charge >= 0.3 is 0 Å². The molecule has 0 unspecified atom stereocenters. The second kappa shape index (κ2) is 10.4. The maximum absolute atomic E-state index is 6.17. The Hall–Kier alpha value is -1.45. The van der Waals surface area contributed by atoms with E-state index in [4.69, 9.17) is 16.6 Å². The SMILES string of the molecule is CCCCN(CCCC)CC1=CC=CCC1=Nc1cccnc1Cl. The molecule has 0 atom stereocenters. The summed E-state index contributed by atoms with van der Waals surface area (Å²) in [5.41, 5.74) is 3.15. The number of hydrogen-bond acceptors (Lipinski definition) is 3. The van der Waals surface area contributed by atoms with Gasteiger partial charge in [0, 0.05) is 24.9 Å². The lowest BCUT2D eigenvalue weighted by molar-refractivity contribution is 0.289. The zero-order valence-corrected chi connectivity index (χ0v) is 15.6. The van der Waals surface area contributed by atoms with Gasteiger partial charge in [0.15, 0.2) is 5.15 Å². The smallest absolute Gasteiger partial charge is 0.154 e. The van der Waals surface area contributed by atoms with Gasteiger partial charge in [-0.25, -0.2) is 9.98 Å². The lowest BCUT2D eigenvalue weighted by atomic mass is 10.0. The number of aromatic nitrogens is 1. The number of pyridine rings is 1. The summed E-state index contributed by atoms with van der Waals surface area (Å²) >= 11 is 6.17. The Bertz CT molecular complexity index is 597. The largest absolute Gasteiger partial charge is 0.299 e. The van der Waals surface area contributed by atoms with E-state index in [-0.39, 0.29) is 0 Å². The summed E-state index contributed by atoms with van der Waals surface area (Å²) in [5, 5.41) is 0.465. The molecule has 1 aliphatic carbocycles. The highest BCUT2D eigenvalue weighted by Gasteiger charge is 2.14. The van der Waals surface area contributed by atoms with Crippen LogP contribution in [0.4, 0.5) is 5.69 Å². The third kappa shape index (κ3) is 5.88. The Balaban J connectivity index is 2.14. The molecule has 4 heteroatoms. The molecule has 1 aliphatic rings. The average Bonchev–Trinajstić information content (AvgIpc) is 2.60. The standard InChI is InChI=1S/C20H28ClN3/c1-3-5-14-24(15-6-4-2)16-17-10-7-8-11-18(17)23-19-12-9-13-22-20(19)21/h7-10,12-13H,3-6,11,14-16H2,1-2H3. The van der Waals surface area contributed by atoms with E-state index in [1.807, 2.05) is 12.1 Å². The zero-order valence-electron chi connectivity index (χ0n) is 14.8. The van der Waals surface area contributed by atoms with Gasteiger partial charge in [0.05, 0.1) is 0 Å². The highest BCUT2D eigenvalue weighted by molar-refractivity contribution is 6.32. The van der Waals surface area contributed by atoms with E-state index in [0.717, 1.165) is 37.5 Å². The predicted molar refractivity (Wildman–Crippen MR) is 104 cm³/mol. The molecule has 2 rings (SSSR count). The molecule has 0 fully saturated rings. The number of halogens is 1. The van der Waals surface area contributed by atoms with Gasteiger partial charge in [0.25, 0.3) is 0 Å². The summed E-state index contributed by atoms with van der Waals surface area (Å²) < 4.78 is 0. The second-order valence-corrected chi connectivity index (χ2v) is 6.54. The predicted octanol–water partition coefficient (Wildman–Crippen LogP) is 5.60. The normalized spacial score (nSPS) is 16.0. The van der Waals surface area contributed by atoms with Crippen molar-refractivity contribution in [3.63, 3.8) is 0 Å². The molecule has 0 saturated heterocycles. The molecule has 1 aromatic heterocycles. The molecule has 0 amide bonds. The van der Waals surface area contributed by atoms with Crippen LogP contribution in [0.15, 0.2) is 47.1 Å². The summed E-state index contributed by atoms with van der Waals surface area (Å²) in [4.78, 5) is 11.5. The van der Waals surface area contributed by atoms with Crippen molar-refractivity contribution in [2.75, 3.05) is 19.6 Å². The van der Waals surface area contributed by atoms with Crippen LogP contribution in [0.25, 0.3) is 0 Å². The first kappa shape index (κ1) is 18.9.